The largest absolute Gasteiger partial charge is 0.394 e. The highest BCUT2D eigenvalue weighted by atomic mass is 16.6. The lowest BCUT2D eigenvalue weighted by Gasteiger charge is -2.35. The van der Waals surface area contributed by atoms with Gasteiger partial charge in [0.05, 0.1) is 24.2 Å². The fourth-order valence-electron chi connectivity index (χ4n) is 3.26. The Bertz CT molecular complexity index is 750. The quantitative estimate of drug-likeness (QED) is 0.668. The standard InChI is InChI=1S/C17H21N3O4/c1-12-10-16(19-7-3-4-13(11-19)24-9-8-21)14-5-2-6-15(20(22)23)17(14)18-12/h2,5-6,10,13,21H,3-4,7-9,11H2,1H3. The predicted octanol–water partition coefficient (Wildman–Crippen LogP) is 2.43. The maximum atomic E-state index is 11.3. The molecule has 1 saturated heterocycles. The summed E-state index contributed by atoms with van der Waals surface area (Å²) < 4.78 is 5.67. The van der Waals surface area contributed by atoms with E-state index < -0.39 is 0 Å². The van der Waals surface area contributed by atoms with E-state index in [-0.39, 0.29) is 23.3 Å². The van der Waals surface area contributed by atoms with Crippen LogP contribution in [0.2, 0.25) is 0 Å². The van der Waals surface area contributed by atoms with Gasteiger partial charge in [0.25, 0.3) is 5.69 Å². The Kier molecular flexibility index (Phi) is 4.92. The van der Waals surface area contributed by atoms with Crippen molar-refractivity contribution in [1.29, 1.82) is 0 Å². The highest BCUT2D eigenvalue weighted by molar-refractivity contribution is 5.97. The van der Waals surface area contributed by atoms with Gasteiger partial charge >= 0.3 is 0 Å². The Labute approximate surface area is 140 Å². The van der Waals surface area contributed by atoms with Crippen molar-refractivity contribution >= 4 is 22.3 Å². The molecule has 1 unspecified atom stereocenters. The molecule has 3 rings (SSSR count). The molecule has 0 amide bonds. The molecular weight excluding hydrogens is 310 g/mol. The second-order valence-corrected chi connectivity index (χ2v) is 6.02. The molecule has 1 fully saturated rings. The monoisotopic (exact) mass is 331 g/mol. The van der Waals surface area contributed by atoms with Crippen molar-refractivity contribution in [3.8, 4) is 0 Å². The van der Waals surface area contributed by atoms with E-state index in [2.05, 4.69) is 9.88 Å². The second kappa shape index (κ2) is 7.11. The summed E-state index contributed by atoms with van der Waals surface area (Å²) in [5, 5.41) is 21.0. The Morgan fingerprint density at radius 3 is 3.08 bits per heavy atom. The molecule has 1 aliphatic rings. The molecule has 7 nitrogen and oxygen atoms in total. The molecule has 1 aromatic heterocycles. The fraction of sp³-hybridized carbons (Fsp3) is 0.471. The Morgan fingerprint density at radius 2 is 2.33 bits per heavy atom. The number of fused-ring (bicyclic) bond motifs is 1. The molecule has 1 aromatic carbocycles. The minimum absolute atomic E-state index is 0.0139. The summed E-state index contributed by atoms with van der Waals surface area (Å²) in [7, 11) is 0. The number of nitro groups is 1. The van der Waals surface area contributed by atoms with Gasteiger partial charge in [-0.3, -0.25) is 10.1 Å². The lowest BCUT2D eigenvalue weighted by atomic mass is 10.0. The third-order valence-corrected chi connectivity index (χ3v) is 4.28. The zero-order valence-corrected chi connectivity index (χ0v) is 13.6. The van der Waals surface area contributed by atoms with Crippen molar-refractivity contribution in [1.82, 2.24) is 4.98 Å². The first-order valence-electron chi connectivity index (χ1n) is 8.12. The minimum atomic E-state index is -0.387. The lowest BCUT2D eigenvalue weighted by Crippen LogP contribution is -2.40. The van der Waals surface area contributed by atoms with Crippen LogP contribution in [0.3, 0.4) is 0 Å². The van der Waals surface area contributed by atoms with Crippen LogP contribution in [-0.4, -0.2) is 47.4 Å². The number of aliphatic hydroxyl groups excluding tert-OH is 1. The van der Waals surface area contributed by atoms with Gasteiger partial charge in [-0.1, -0.05) is 12.1 Å². The summed E-state index contributed by atoms with van der Waals surface area (Å²) in [4.78, 5) is 17.5. The van der Waals surface area contributed by atoms with Crippen molar-refractivity contribution < 1.29 is 14.8 Å². The highest BCUT2D eigenvalue weighted by Gasteiger charge is 2.24. The van der Waals surface area contributed by atoms with Crippen LogP contribution in [0.15, 0.2) is 24.3 Å². The van der Waals surface area contributed by atoms with E-state index in [1.165, 1.54) is 6.07 Å². The molecule has 1 N–H and O–H groups in total. The first-order valence-corrected chi connectivity index (χ1v) is 8.12. The number of aliphatic hydroxyl groups is 1. The molecule has 0 aliphatic carbocycles. The van der Waals surface area contributed by atoms with Crippen LogP contribution in [0.25, 0.3) is 10.9 Å². The number of hydrogen-bond donors (Lipinski definition) is 1. The smallest absolute Gasteiger partial charge is 0.295 e. The summed E-state index contributed by atoms with van der Waals surface area (Å²) in [5.41, 5.74) is 2.17. The molecule has 1 aliphatic heterocycles. The number of ether oxygens (including phenoxy) is 1. The van der Waals surface area contributed by atoms with Gasteiger partial charge in [-0.2, -0.15) is 0 Å². The number of benzene rings is 1. The molecule has 24 heavy (non-hydrogen) atoms. The number of pyridine rings is 1. The molecule has 128 valence electrons. The molecule has 0 bridgehead atoms. The van der Waals surface area contributed by atoms with Crippen LogP contribution >= 0.6 is 0 Å². The molecule has 0 spiro atoms. The van der Waals surface area contributed by atoms with Crippen molar-refractivity contribution in [2.75, 3.05) is 31.2 Å². The van der Waals surface area contributed by atoms with E-state index in [0.29, 0.717) is 18.7 Å². The number of aryl methyl sites for hydroxylation is 1. The molecule has 2 aromatic rings. The summed E-state index contributed by atoms with van der Waals surface area (Å²) >= 11 is 0. The molecule has 2 heterocycles. The maximum absolute atomic E-state index is 11.3. The van der Waals surface area contributed by atoms with Crippen molar-refractivity contribution in [3.05, 3.63) is 40.1 Å². The molecule has 0 radical (unpaired) electrons. The van der Waals surface area contributed by atoms with Crippen LogP contribution in [-0.2, 0) is 4.74 Å². The third-order valence-electron chi connectivity index (χ3n) is 4.28. The van der Waals surface area contributed by atoms with Gasteiger partial charge in [-0.15, -0.1) is 0 Å². The lowest BCUT2D eigenvalue weighted by molar-refractivity contribution is -0.383. The van der Waals surface area contributed by atoms with Gasteiger partial charge < -0.3 is 14.7 Å². The summed E-state index contributed by atoms with van der Waals surface area (Å²) in [6.45, 7) is 3.78. The minimum Gasteiger partial charge on any atom is -0.394 e. The van der Waals surface area contributed by atoms with Crippen LogP contribution in [0.1, 0.15) is 18.5 Å². The van der Waals surface area contributed by atoms with Gasteiger partial charge in [0.2, 0.25) is 0 Å². The number of aromatic nitrogens is 1. The number of non-ortho nitro benzene ring substituents is 1. The predicted molar refractivity (Wildman–Crippen MR) is 91.4 cm³/mol. The van der Waals surface area contributed by atoms with Crippen LogP contribution < -0.4 is 4.90 Å². The Hall–Kier alpha value is -2.25. The topological polar surface area (TPSA) is 88.7 Å². The van der Waals surface area contributed by atoms with Crippen LogP contribution in [0.5, 0.6) is 0 Å². The van der Waals surface area contributed by atoms with Gasteiger partial charge in [0, 0.05) is 35.9 Å². The van der Waals surface area contributed by atoms with Crippen LogP contribution in [0, 0.1) is 17.0 Å². The number of nitrogens with zero attached hydrogens (tertiary/aromatic N) is 3. The first-order chi connectivity index (χ1) is 11.6. The summed E-state index contributed by atoms with van der Waals surface area (Å²) in [6.07, 6.45) is 2.00. The third kappa shape index (κ3) is 3.32. The van der Waals surface area contributed by atoms with E-state index in [4.69, 9.17) is 9.84 Å². The number of nitro benzene ring substituents is 1. The maximum Gasteiger partial charge on any atom is 0.295 e. The van der Waals surface area contributed by atoms with Crippen LogP contribution in [0.4, 0.5) is 11.4 Å². The SMILES string of the molecule is Cc1cc(N2CCCC(OCCO)C2)c2cccc([N+](=O)[O-])c2n1. The normalized spacial score (nSPS) is 18.1. The average molecular weight is 331 g/mol. The van der Waals surface area contributed by atoms with E-state index in [1.54, 1.807) is 6.07 Å². The van der Waals surface area contributed by atoms with E-state index in [1.807, 2.05) is 19.1 Å². The zero-order valence-electron chi connectivity index (χ0n) is 13.6. The number of piperidine rings is 1. The molecule has 7 heteroatoms. The molecular formula is C17H21N3O4. The van der Waals surface area contributed by atoms with Gasteiger partial charge in [-0.05, 0) is 25.8 Å². The highest BCUT2D eigenvalue weighted by Crippen LogP contribution is 2.33. The first kappa shape index (κ1) is 16.6. The fourth-order valence-corrected chi connectivity index (χ4v) is 3.26. The molecule has 0 saturated carbocycles. The van der Waals surface area contributed by atoms with Crippen molar-refractivity contribution in [2.24, 2.45) is 0 Å². The number of para-hydroxylation sites is 1. The van der Waals surface area contributed by atoms with Gasteiger partial charge in [0.1, 0.15) is 0 Å². The van der Waals surface area contributed by atoms with E-state index >= 15 is 0 Å². The Balaban J connectivity index is 1.99. The number of rotatable bonds is 5. The van der Waals surface area contributed by atoms with Crippen molar-refractivity contribution in [3.63, 3.8) is 0 Å². The van der Waals surface area contributed by atoms with E-state index in [9.17, 15) is 10.1 Å². The second-order valence-electron chi connectivity index (χ2n) is 6.02. The van der Waals surface area contributed by atoms with E-state index in [0.717, 1.165) is 36.2 Å². The summed E-state index contributed by atoms with van der Waals surface area (Å²) in [6, 6.07) is 7.04. The Morgan fingerprint density at radius 1 is 1.50 bits per heavy atom. The molecule has 1 atom stereocenters. The summed E-state index contributed by atoms with van der Waals surface area (Å²) in [5.74, 6) is 0. The number of anilines is 1. The van der Waals surface area contributed by atoms with Gasteiger partial charge in [0.15, 0.2) is 5.52 Å². The number of hydrogen-bond acceptors (Lipinski definition) is 6. The van der Waals surface area contributed by atoms with Crippen molar-refractivity contribution in [2.45, 2.75) is 25.9 Å². The average Bonchev–Trinajstić information content (AvgIpc) is 2.58. The van der Waals surface area contributed by atoms with Gasteiger partial charge in [-0.25, -0.2) is 4.98 Å². The zero-order chi connectivity index (χ0) is 17.1.